The van der Waals surface area contributed by atoms with Crippen LogP contribution >= 0.6 is 0 Å². The van der Waals surface area contributed by atoms with Crippen molar-refractivity contribution >= 4 is 70.4 Å². The van der Waals surface area contributed by atoms with Gasteiger partial charge in [0.05, 0.1) is 74.7 Å². The van der Waals surface area contributed by atoms with Gasteiger partial charge in [0.15, 0.2) is 11.6 Å². The molecular weight excluding hydrogens is 1170 g/mol. The minimum Gasteiger partial charge on any atom is -0.458 e. The smallest absolute Gasteiger partial charge is 0.343 e. The fourth-order valence-electron chi connectivity index (χ4n) is 10.3. The van der Waals surface area contributed by atoms with Gasteiger partial charge < -0.3 is 82.1 Å². The molecule has 5 aromatic rings. The lowest BCUT2D eigenvalue weighted by molar-refractivity contribution is -0.172. The van der Waals surface area contributed by atoms with Crippen molar-refractivity contribution in [1.82, 2.24) is 46.8 Å². The monoisotopic (exact) mass is 1240 g/mol. The predicted octanol–water partition coefficient (Wildman–Crippen LogP) is -0.770. The van der Waals surface area contributed by atoms with Crippen LogP contribution in [0.1, 0.15) is 78.5 Å². The Bertz CT molecular complexity index is 3540. The Balaban J connectivity index is 0.739. The summed E-state index contributed by atoms with van der Waals surface area (Å²) in [5, 5.41) is 35.1. The van der Waals surface area contributed by atoms with E-state index in [1.807, 2.05) is 30.3 Å². The number of oxime groups is 1. The first kappa shape index (κ1) is 66.3. The number of aliphatic hydroxyl groups is 1. The highest BCUT2D eigenvalue weighted by molar-refractivity contribution is 6.02. The molecule has 3 aliphatic heterocycles. The van der Waals surface area contributed by atoms with Crippen LogP contribution in [0.15, 0.2) is 99.9 Å². The third-order valence-electron chi connectivity index (χ3n) is 15.2. The van der Waals surface area contributed by atoms with Crippen molar-refractivity contribution in [3.05, 3.63) is 134 Å². The zero-order chi connectivity index (χ0) is 64.2. The van der Waals surface area contributed by atoms with Gasteiger partial charge in [0.1, 0.15) is 50.6 Å². The molecule has 2 aromatic heterocycles. The van der Waals surface area contributed by atoms with E-state index in [2.05, 4.69) is 47.4 Å². The van der Waals surface area contributed by atoms with Crippen LogP contribution in [0, 0.1) is 0 Å². The molecule has 3 aliphatic rings. The van der Waals surface area contributed by atoms with Gasteiger partial charge in [-0.2, -0.15) is 0 Å². The number of amides is 7. The number of aromatic nitrogens is 2. The molecule has 478 valence electrons. The number of ether oxygens (including phenoxy) is 4. The molecule has 90 heavy (non-hydrogen) atoms. The highest BCUT2D eigenvalue weighted by Gasteiger charge is 2.45. The van der Waals surface area contributed by atoms with Crippen molar-refractivity contribution in [3.63, 3.8) is 0 Å². The molecule has 7 amide bonds. The van der Waals surface area contributed by atoms with Crippen LogP contribution in [0.5, 0.6) is 0 Å². The van der Waals surface area contributed by atoms with E-state index in [4.69, 9.17) is 40.2 Å². The largest absolute Gasteiger partial charge is 0.458 e. The second-order valence-electron chi connectivity index (χ2n) is 21.5. The number of nitrogens with one attached hydrogen (secondary N) is 7. The Morgan fingerprint density at radius 2 is 1.37 bits per heavy atom. The van der Waals surface area contributed by atoms with Gasteiger partial charge in [-0.1, -0.05) is 91.8 Å². The average Bonchev–Trinajstić information content (AvgIpc) is 1.51. The summed E-state index contributed by atoms with van der Waals surface area (Å²) in [5.74, 6) is -5.07. The lowest BCUT2D eigenvalue weighted by Gasteiger charge is -2.31. The molecule has 0 spiro atoms. The number of nitrogens with zero attached hydrogens (tertiary/aromatic N) is 4. The number of fused-ring (bicyclic) bond motifs is 5. The number of carbonyl (C=O) groups is 8. The van der Waals surface area contributed by atoms with Crippen LogP contribution in [0.25, 0.3) is 22.3 Å². The van der Waals surface area contributed by atoms with Gasteiger partial charge in [0, 0.05) is 48.0 Å². The number of hydrogen-bond acceptors (Lipinski definition) is 18. The first-order valence-electron chi connectivity index (χ1n) is 29.6. The summed E-state index contributed by atoms with van der Waals surface area (Å²) in [7, 11) is 0. The number of benzene rings is 3. The number of nitrogens with two attached hydrogens (primary N) is 2. The van der Waals surface area contributed by atoms with Crippen LogP contribution < -0.4 is 54.2 Å². The number of para-hydroxylation sites is 1. The topological polar surface area (TPSA) is 399 Å². The zero-order valence-corrected chi connectivity index (χ0v) is 50.0. The highest BCUT2D eigenvalue weighted by atomic mass is 16.6. The average molecular weight is 1240 g/mol. The van der Waals surface area contributed by atoms with Crippen LogP contribution in [-0.4, -0.2) is 164 Å². The number of rotatable bonds is 27. The van der Waals surface area contributed by atoms with Crippen molar-refractivity contribution in [1.29, 1.82) is 0 Å². The molecule has 5 heterocycles. The van der Waals surface area contributed by atoms with Gasteiger partial charge in [-0.15, -0.1) is 0 Å². The number of cyclic esters (lactones) is 1. The molecule has 5 atom stereocenters. The minimum absolute atomic E-state index is 0.0214. The van der Waals surface area contributed by atoms with Gasteiger partial charge in [0.25, 0.3) is 5.56 Å². The maximum Gasteiger partial charge on any atom is 0.343 e. The predicted molar refractivity (Wildman–Crippen MR) is 327 cm³/mol. The summed E-state index contributed by atoms with van der Waals surface area (Å²) < 4.78 is 23.1. The quantitative estimate of drug-likeness (QED) is 0.00995. The lowest BCUT2D eigenvalue weighted by Crippen LogP contribution is -2.58. The maximum absolute atomic E-state index is 14.2. The van der Waals surface area contributed by atoms with E-state index in [-0.39, 0.29) is 152 Å². The number of carbonyl (C=O) groups excluding carboxylic acids is 8. The molecule has 0 bridgehead atoms. The first-order chi connectivity index (χ1) is 43.5. The van der Waals surface area contributed by atoms with Gasteiger partial charge in [-0.05, 0) is 54.5 Å². The summed E-state index contributed by atoms with van der Waals surface area (Å²) >= 11 is 0. The Morgan fingerprint density at radius 3 is 2.04 bits per heavy atom. The van der Waals surface area contributed by atoms with E-state index in [1.165, 1.54) is 6.21 Å². The first-order valence-corrected chi connectivity index (χ1v) is 29.6. The maximum atomic E-state index is 14.2. The Hall–Kier alpha value is -9.64. The van der Waals surface area contributed by atoms with Crippen molar-refractivity contribution in [2.45, 2.75) is 102 Å². The molecule has 8 rings (SSSR count). The summed E-state index contributed by atoms with van der Waals surface area (Å²) in [4.78, 5) is 134. The summed E-state index contributed by atoms with van der Waals surface area (Å²) in [6.45, 7) is 3.28. The van der Waals surface area contributed by atoms with Crippen molar-refractivity contribution in [2.75, 3.05) is 65.9 Å². The Labute approximate surface area is 517 Å². The third kappa shape index (κ3) is 17.6. The minimum atomic E-state index is -1.96. The second kappa shape index (κ2) is 32.0. The van der Waals surface area contributed by atoms with Gasteiger partial charge >= 0.3 is 5.97 Å². The van der Waals surface area contributed by atoms with Crippen molar-refractivity contribution in [2.24, 2.45) is 21.6 Å². The Morgan fingerprint density at radius 1 is 0.744 bits per heavy atom. The van der Waals surface area contributed by atoms with E-state index in [0.29, 0.717) is 39.2 Å². The molecule has 0 radical (unpaired) electrons. The molecule has 1 fully saturated rings. The fourth-order valence-corrected chi connectivity index (χ4v) is 10.3. The number of esters is 1. The molecule has 12 N–H and O–H groups in total. The van der Waals surface area contributed by atoms with Crippen LogP contribution in [-0.2, 0) is 100 Å². The number of pyridine rings is 2. The van der Waals surface area contributed by atoms with E-state index in [0.717, 1.165) is 10.9 Å². The molecular formula is C62H75N13O15. The summed E-state index contributed by atoms with van der Waals surface area (Å²) in [6.07, 6.45) is 2.11. The van der Waals surface area contributed by atoms with Gasteiger partial charge in [-0.25, -0.2) is 9.78 Å². The van der Waals surface area contributed by atoms with Gasteiger partial charge in [0.2, 0.25) is 41.4 Å². The fraction of sp³-hybridized carbons (Fsp3) is 0.419. The highest BCUT2D eigenvalue weighted by Crippen LogP contribution is 2.40. The standard InChI is InChI=1S/C62H75N13O15/c1-3-45-56(80)73-48(27-37-11-6-5-7-12-37)58(82)74-49(57(81)72-47(15-10-20-66-61(63)64)55(79)68-32-51(76)70-45)28-38-16-18-39(19-17-38)30-67-53(78)36-88-26-24-86-23-25-87-35-52(77)65-21-22-90-69-31-41-40-13-8-9-14-46(40)71-54-42(41)33-75-50(54)29-44-43(59(75)83)34-89-60(84)62(44,85)4-2/h5-9,11-14,16-19,29,31,45,47-49,85H,3-4,10,15,20-28,30,32-36H2,1-2H3,(H,65,77)(H,67,78)(H,68,79)(H,70,76)(H,72,81)(H,73,80)(H,74,82)(H4,63,64,66)/b69-31+/t45-,47-,48+,49-,62-/m0/s1. The Kier molecular flexibility index (Phi) is 23.6. The third-order valence-corrected chi connectivity index (χ3v) is 15.2. The van der Waals surface area contributed by atoms with Crippen molar-refractivity contribution < 1.29 is 67.2 Å². The molecule has 0 saturated carbocycles. The molecule has 3 aromatic carbocycles. The summed E-state index contributed by atoms with van der Waals surface area (Å²) in [5.41, 5.74) is 14.1. The number of guanidine groups is 1. The van der Waals surface area contributed by atoms with E-state index < -0.39 is 71.8 Å². The number of hydrogen-bond donors (Lipinski definition) is 10. The second-order valence-corrected chi connectivity index (χ2v) is 21.5. The molecule has 28 heteroatoms. The molecule has 0 aliphatic carbocycles. The SMILES string of the molecule is CC[C@@H]1NC(=O)CNC(=O)[C@H](CCCN=C(N)N)NC(=O)[C@H](Cc2ccc(CNC(=O)COCCOCCOCC(=O)NCCO/N=C/c3c4c(nc5ccccc35)-c3cc5c(c(=O)n3C4)COC(=O)[C@]5(O)CC)cc2)NC(=O)[C@@H](Cc2ccccc2)NC1=O. The van der Waals surface area contributed by atoms with Crippen LogP contribution in [0.2, 0.25) is 0 Å². The van der Waals surface area contributed by atoms with Crippen LogP contribution in [0.4, 0.5) is 0 Å². The van der Waals surface area contributed by atoms with Gasteiger partial charge in [-0.3, -0.25) is 43.3 Å². The molecule has 28 nitrogen and oxygen atoms in total. The van der Waals surface area contributed by atoms with Crippen LogP contribution in [0.3, 0.4) is 0 Å². The van der Waals surface area contributed by atoms with E-state index in [9.17, 15) is 48.3 Å². The molecule has 0 unspecified atom stereocenters. The van der Waals surface area contributed by atoms with Crippen molar-refractivity contribution in [3.8, 4) is 11.4 Å². The normalized spacial score (nSPS) is 19.3. The van der Waals surface area contributed by atoms with E-state index >= 15 is 0 Å². The summed E-state index contributed by atoms with van der Waals surface area (Å²) in [6, 6.07) is 20.4. The molecule has 1 saturated heterocycles. The lowest BCUT2D eigenvalue weighted by atomic mass is 9.86. The zero-order valence-electron chi connectivity index (χ0n) is 50.0. The van der Waals surface area contributed by atoms with E-state index in [1.54, 1.807) is 73.0 Å². The number of aliphatic imine (C=N–C) groups is 1.